The lowest BCUT2D eigenvalue weighted by Gasteiger charge is -2.26. The van der Waals surface area contributed by atoms with Gasteiger partial charge in [-0.2, -0.15) is 0 Å². The lowest BCUT2D eigenvalue weighted by molar-refractivity contribution is 0.0384. The van der Waals surface area contributed by atoms with Gasteiger partial charge in [0, 0.05) is 36.7 Å². The number of aryl methyl sites for hydroxylation is 2. The molecule has 0 unspecified atom stereocenters. The third kappa shape index (κ3) is 3.36. The van der Waals surface area contributed by atoms with Crippen molar-refractivity contribution in [1.82, 2.24) is 9.47 Å². The number of hydrogen-bond acceptors (Lipinski definition) is 2. The molecule has 3 heteroatoms. The van der Waals surface area contributed by atoms with Gasteiger partial charge in [-0.25, -0.2) is 0 Å². The van der Waals surface area contributed by atoms with Crippen LogP contribution in [0.2, 0.25) is 0 Å². The SMILES string of the molecule is Cc1ccc(C)n1-c1ccc(CCN2CCOCC2)cc1. The van der Waals surface area contributed by atoms with Gasteiger partial charge in [-0.3, -0.25) is 4.90 Å². The fourth-order valence-corrected chi connectivity index (χ4v) is 3.00. The Morgan fingerprint density at radius 1 is 0.905 bits per heavy atom. The van der Waals surface area contributed by atoms with Gasteiger partial charge < -0.3 is 9.30 Å². The molecule has 1 saturated heterocycles. The molecule has 1 aromatic carbocycles. The third-order valence-corrected chi connectivity index (χ3v) is 4.29. The van der Waals surface area contributed by atoms with Crippen LogP contribution in [0.5, 0.6) is 0 Å². The Morgan fingerprint density at radius 2 is 1.52 bits per heavy atom. The number of hydrogen-bond donors (Lipinski definition) is 0. The average molecular weight is 284 g/mol. The zero-order valence-electron chi connectivity index (χ0n) is 13.0. The van der Waals surface area contributed by atoms with Crippen LogP contribution in [0.15, 0.2) is 36.4 Å². The number of nitrogens with zero attached hydrogens (tertiary/aromatic N) is 2. The smallest absolute Gasteiger partial charge is 0.0594 e. The highest BCUT2D eigenvalue weighted by Crippen LogP contribution is 2.17. The van der Waals surface area contributed by atoms with Gasteiger partial charge in [0.2, 0.25) is 0 Å². The van der Waals surface area contributed by atoms with E-state index >= 15 is 0 Å². The van der Waals surface area contributed by atoms with Crippen LogP contribution >= 0.6 is 0 Å². The van der Waals surface area contributed by atoms with E-state index in [4.69, 9.17) is 4.74 Å². The summed E-state index contributed by atoms with van der Waals surface area (Å²) in [5, 5.41) is 0. The largest absolute Gasteiger partial charge is 0.379 e. The second kappa shape index (κ2) is 6.46. The molecule has 112 valence electrons. The third-order valence-electron chi connectivity index (χ3n) is 4.29. The highest BCUT2D eigenvalue weighted by Gasteiger charge is 2.10. The van der Waals surface area contributed by atoms with E-state index in [0.29, 0.717) is 0 Å². The lowest BCUT2D eigenvalue weighted by atomic mass is 10.1. The maximum Gasteiger partial charge on any atom is 0.0594 e. The van der Waals surface area contributed by atoms with E-state index < -0.39 is 0 Å². The molecule has 1 aliphatic heterocycles. The van der Waals surface area contributed by atoms with Gasteiger partial charge in [0.05, 0.1) is 13.2 Å². The summed E-state index contributed by atoms with van der Waals surface area (Å²) in [6.45, 7) is 9.33. The highest BCUT2D eigenvalue weighted by molar-refractivity contribution is 5.39. The van der Waals surface area contributed by atoms with Crippen LogP contribution < -0.4 is 0 Å². The van der Waals surface area contributed by atoms with Crippen molar-refractivity contribution in [2.45, 2.75) is 20.3 Å². The summed E-state index contributed by atoms with van der Waals surface area (Å²) in [5.41, 5.74) is 5.24. The Hall–Kier alpha value is -1.58. The predicted molar refractivity (Wildman–Crippen MR) is 86.2 cm³/mol. The van der Waals surface area contributed by atoms with E-state index in [0.717, 1.165) is 39.3 Å². The molecular weight excluding hydrogens is 260 g/mol. The van der Waals surface area contributed by atoms with Gasteiger partial charge in [-0.05, 0) is 50.1 Å². The zero-order valence-corrected chi connectivity index (χ0v) is 13.0. The van der Waals surface area contributed by atoms with Crippen molar-refractivity contribution >= 4 is 0 Å². The van der Waals surface area contributed by atoms with E-state index in [-0.39, 0.29) is 0 Å². The molecule has 2 aromatic rings. The van der Waals surface area contributed by atoms with Crippen molar-refractivity contribution in [2.24, 2.45) is 0 Å². The van der Waals surface area contributed by atoms with Gasteiger partial charge in [-0.15, -0.1) is 0 Å². The quantitative estimate of drug-likeness (QED) is 0.859. The minimum atomic E-state index is 0.880. The summed E-state index contributed by atoms with van der Waals surface area (Å²) in [7, 11) is 0. The number of benzene rings is 1. The summed E-state index contributed by atoms with van der Waals surface area (Å²) < 4.78 is 7.68. The summed E-state index contributed by atoms with van der Waals surface area (Å²) >= 11 is 0. The molecule has 2 heterocycles. The first-order valence-corrected chi connectivity index (χ1v) is 7.78. The molecule has 1 fully saturated rings. The number of morpholine rings is 1. The first-order valence-electron chi connectivity index (χ1n) is 7.78. The summed E-state index contributed by atoms with van der Waals surface area (Å²) in [5.74, 6) is 0. The average Bonchev–Trinajstić information content (AvgIpc) is 2.86. The molecule has 0 spiro atoms. The fourth-order valence-electron chi connectivity index (χ4n) is 3.00. The maximum absolute atomic E-state index is 5.39. The number of rotatable bonds is 4. The molecule has 0 amide bonds. The van der Waals surface area contributed by atoms with Crippen LogP contribution in [0, 0.1) is 13.8 Å². The Morgan fingerprint density at radius 3 is 2.14 bits per heavy atom. The normalized spacial score (nSPS) is 16.3. The predicted octanol–water partition coefficient (Wildman–Crippen LogP) is 2.97. The summed E-state index contributed by atoms with van der Waals surface area (Å²) in [6.07, 6.45) is 1.12. The van der Waals surface area contributed by atoms with Crippen molar-refractivity contribution in [2.75, 3.05) is 32.8 Å². The van der Waals surface area contributed by atoms with Gasteiger partial charge in [0.1, 0.15) is 0 Å². The molecular formula is C18H24N2O. The van der Waals surface area contributed by atoms with Crippen molar-refractivity contribution in [3.63, 3.8) is 0 Å². The topological polar surface area (TPSA) is 17.4 Å². The highest BCUT2D eigenvalue weighted by atomic mass is 16.5. The molecule has 0 saturated carbocycles. The molecule has 0 N–H and O–H groups in total. The van der Waals surface area contributed by atoms with E-state index in [1.165, 1.54) is 22.6 Å². The molecule has 1 aromatic heterocycles. The maximum atomic E-state index is 5.39. The van der Waals surface area contributed by atoms with Gasteiger partial charge in [0.15, 0.2) is 0 Å². The Balaban J connectivity index is 1.64. The van der Waals surface area contributed by atoms with Crippen molar-refractivity contribution in [1.29, 1.82) is 0 Å². The second-order valence-corrected chi connectivity index (χ2v) is 5.82. The van der Waals surface area contributed by atoms with E-state index in [1.54, 1.807) is 0 Å². The minimum Gasteiger partial charge on any atom is -0.379 e. The van der Waals surface area contributed by atoms with E-state index in [9.17, 15) is 0 Å². The molecule has 21 heavy (non-hydrogen) atoms. The molecule has 0 aliphatic carbocycles. The van der Waals surface area contributed by atoms with Crippen LogP contribution in [0.1, 0.15) is 17.0 Å². The summed E-state index contributed by atoms with van der Waals surface area (Å²) in [6, 6.07) is 13.3. The second-order valence-electron chi connectivity index (χ2n) is 5.82. The fraction of sp³-hybridized carbons (Fsp3) is 0.444. The minimum absolute atomic E-state index is 0.880. The molecule has 3 nitrogen and oxygen atoms in total. The molecule has 1 aliphatic rings. The van der Waals surface area contributed by atoms with Crippen molar-refractivity contribution in [3.8, 4) is 5.69 Å². The van der Waals surface area contributed by atoms with Crippen LogP contribution in [0.25, 0.3) is 5.69 Å². The lowest BCUT2D eigenvalue weighted by Crippen LogP contribution is -2.37. The van der Waals surface area contributed by atoms with Crippen molar-refractivity contribution < 1.29 is 4.74 Å². The van der Waals surface area contributed by atoms with Gasteiger partial charge >= 0.3 is 0 Å². The van der Waals surface area contributed by atoms with Gasteiger partial charge in [-0.1, -0.05) is 12.1 Å². The Kier molecular flexibility index (Phi) is 4.42. The summed E-state index contributed by atoms with van der Waals surface area (Å²) in [4.78, 5) is 2.48. The van der Waals surface area contributed by atoms with Crippen LogP contribution in [-0.4, -0.2) is 42.3 Å². The zero-order chi connectivity index (χ0) is 14.7. The first kappa shape index (κ1) is 14.4. The molecule has 3 rings (SSSR count). The van der Waals surface area contributed by atoms with E-state index in [2.05, 4.69) is 59.7 Å². The van der Waals surface area contributed by atoms with E-state index in [1.807, 2.05) is 0 Å². The van der Waals surface area contributed by atoms with Crippen molar-refractivity contribution in [3.05, 3.63) is 53.3 Å². The number of ether oxygens (including phenoxy) is 1. The monoisotopic (exact) mass is 284 g/mol. The van der Waals surface area contributed by atoms with Crippen LogP contribution in [0.4, 0.5) is 0 Å². The molecule has 0 bridgehead atoms. The first-order chi connectivity index (χ1) is 10.2. The molecule has 0 radical (unpaired) electrons. The van der Waals surface area contributed by atoms with Gasteiger partial charge in [0.25, 0.3) is 0 Å². The number of aromatic nitrogens is 1. The standard InChI is InChI=1S/C18H24N2O/c1-15-3-4-16(2)20(15)18-7-5-17(6-8-18)9-10-19-11-13-21-14-12-19/h3-8H,9-14H2,1-2H3. The Bertz CT molecular complexity index is 560. The van der Waals surface area contributed by atoms with Crippen LogP contribution in [0.3, 0.4) is 0 Å². The Labute approximate surface area is 127 Å². The molecule has 0 atom stereocenters. The van der Waals surface area contributed by atoms with Crippen LogP contribution in [-0.2, 0) is 11.2 Å².